The van der Waals surface area contributed by atoms with Crippen molar-refractivity contribution in [2.45, 2.75) is 0 Å². The molecular formula is C11H8ClN5. The van der Waals surface area contributed by atoms with Crippen LogP contribution < -0.4 is 5.73 Å². The van der Waals surface area contributed by atoms with Crippen LogP contribution in [0.2, 0.25) is 5.15 Å². The molecule has 0 unspecified atom stereocenters. The Hall–Kier alpha value is -2.14. The molecule has 0 bridgehead atoms. The fourth-order valence-electron chi connectivity index (χ4n) is 1.67. The van der Waals surface area contributed by atoms with Gasteiger partial charge in [0, 0.05) is 5.39 Å². The third-order valence-electron chi connectivity index (χ3n) is 2.49. The highest BCUT2D eigenvalue weighted by atomic mass is 35.5. The molecule has 2 aromatic heterocycles. The second kappa shape index (κ2) is 3.71. The first-order valence-electron chi connectivity index (χ1n) is 4.96. The molecule has 0 aliphatic rings. The van der Waals surface area contributed by atoms with Crippen molar-refractivity contribution in [3.8, 4) is 5.82 Å². The van der Waals surface area contributed by atoms with E-state index < -0.39 is 0 Å². The Morgan fingerprint density at radius 2 is 2.00 bits per heavy atom. The number of benzene rings is 1. The quantitative estimate of drug-likeness (QED) is 0.666. The molecule has 6 heteroatoms. The lowest BCUT2D eigenvalue weighted by molar-refractivity contribution is 0.869. The van der Waals surface area contributed by atoms with Crippen LogP contribution in [0.5, 0.6) is 0 Å². The van der Waals surface area contributed by atoms with Crippen molar-refractivity contribution in [3.63, 3.8) is 0 Å². The second-order valence-corrected chi connectivity index (χ2v) is 3.87. The van der Waals surface area contributed by atoms with E-state index in [1.807, 2.05) is 24.3 Å². The fraction of sp³-hybridized carbons (Fsp3) is 0. The first-order valence-corrected chi connectivity index (χ1v) is 5.34. The molecule has 0 amide bonds. The Balaban J connectivity index is 2.31. The Bertz CT molecular complexity index is 691. The number of hydrogen-bond donors (Lipinski definition) is 1. The summed E-state index contributed by atoms with van der Waals surface area (Å²) in [5.74, 6) is 0.492. The summed E-state index contributed by atoms with van der Waals surface area (Å²) in [5, 5.41) is 5.50. The van der Waals surface area contributed by atoms with Gasteiger partial charge in [-0.1, -0.05) is 29.8 Å². The van der Waals surface area contributed by atoms with Gasteiger partial charge in [-0.3, -0.25) is 0 Å². The summed E-state index contributed by atoms with van der Waals surface area (Å²) < 4.78 is 1.65. The Morgan fingerprint density at radius 1 is 1.18 bits per heavy atom. The molecule has 0 spiro atoms. The average molecular weight is 246 g/mol. The minimum atomic E-state index is 0.231. The zero-order valence-corrected chi connectivity index (χ0v) is 9.46. The van der Waals surface area contributed by atoms with Crippen molar-refractivity contribution < 1.29 is 0 Å². The number of aromatic nitrogens is 4. The minimum absolute atomic E-state index is 0.231. The van der Waals surface area contributed by atoms with E-state index in [0.29, 0.717) is 11.5 Å². The highest BCUT2D eigenvalue weighted by Gasteiger charge is 2.11. The van der Waals surface area contributed by atoms with Gasteiger partial charge in [0.2, 0.25) is 0 Å². The number of anilines is 1. The van der Waals surface area contributed by atoms with Crippen molar-refractivity contribution in [2.75, 3.05) is 5.73 Å². The van der Waals surface area contributed by atoms with Gasteiger partial charge in [0.1, 0.15) is 12.0 Å². The topological polar surface area (TPSA) is 69.6 Å². The molecule has 3 rings (SSSR count). The van der Waals surface area contributed by atoms with E-state index in [4.69, 9.17) is 17.3 Å². The fourth-order valence-corrected chi connectivity index (χ4v) is 1.80. The summed E-state index contributed by atoms with van der Waals surface area (Å²) in [4.78, 5) is 7.93. The van der Waals surface area contributed by atoms with Gasteiger partial charge in [0.25, 0.3) is 0 Å². The van der Waals surface area contributed by atoms with Gasteiger partial charge in [0.05, 0.1) is 11.7 Å². The van der Waals surface area contributed by atoms with Crippen LogP contribution in [0.15, 0.2) is 36.8 Å². The molecule has 0 saturated carbocycles. The smallest absolute Gasteiger partial charge is 0.181 e. The zero-order valence-electron chi connectivity index (χ0n) is 8.71. The second-order valence-electron chi connectivity index (χ2n) is 3.52. The summed E-state index contributed by atoms with van der Waals surface area (Å²) in [6.45, 7) is 0. The maximum absolute atomic E-state index is 5.86. The summed E-state index contributed by atoms with van der Waals surface area (Å²) in [7, 11) is 0. The molecule has 3 aromatic rings. The minimum Gasteiger partial charge on any atom is -0.393 e. The molecular weight excluding hydrogens is 238 g/mol. The number of hydrogen-bond acceptors (Lipinski definition) is 4. The molecule has 2 heterocycles. The molecule has 0 saturated heterocycles. The monoisotopic (exact) mass is 245 g/mol. The predicted molar refractivity (Wildman–Crippen MR) is 66.1 cm³/mol. The van der Waals surface area contributed by atoms with E-state index in [1.165, 1.54) is 6.33 Å². The molecule has 0 aliphatic heterocycles. The van der Waals surface area contributed by atoms with Gasteiger partial charge in [-0.25, -0.2) is 14.6 Å². The lowest BCUT2D eigenvalue weighted by Gasteiger charge is -2.06. The van der Waals surface area contributed by atoms with Crippen LogP contribution in [0, 0.1) is 0 Å². The predicted octanol–water partition coefficient (Wildman–Crippen LogP) is 2.05. The highest BCUT2D eigenvalue weighted by Crippen LogP contribution is 2.24. The first kappa shape index (κ1) is 10.0. The zero-order chi connectivity index (χ0) is 11.8. The van der Waals surface area contributed by atoms with Crippen molar-refractivity contribution in [1.82, 2.24) is 19.7 Å². The van der Waals surface area contributed by atoms with Gasteiger partial charge in [-0.2, -0.15) is 5.10 Å². The first-order chi connectivity index (χ1) is 8.27. The van der Waals surface area contributed by atoms with Crippen molar-refractivity contribution in [2.24, 2.45) is 0 Å². The normalized spacial score (nSPS) is 10.9. The van der Waals surface area contributed by atoms with Crippen molar-refractivity contribution >= 4 is 28.2 Å². The molecule has 17 heavy (non-hydrogen) atoms. The average Bonchev–Trinajstić information content (AvgIpc) is 2.77. The third kappa shape index (κ3) is 1.52. The number of para-hydroxylation sites is 1. The number of rotatable bonds is 1. The molecule has 0 aliphatic carbocycles. The van der Waals surface area contributed by atoms with Gasteiger partial charge in [-0.05, 0) is 6.07 Å². The van der Waals surface area contributed by atoms with E-state index in [-0.39, 0.29) is 5.15 Å². The van der Waals surface area contributed by atoms with Gasteiger partial charge in [-0.15, -0.1) is 0 Å². The molecule has 0 fully saturated rings. The summed E-state index contributed by atoms with van der Waals surface area (Å²) in [6, 6.07) is 7.79. The maximum atomic E-state index is 5.86. The van der Waals surface area contributed by atoms with E-state index in [9.17, 15) is 0 Å². The van der Waals surface area contributed by atoms with E-state index in [1.54, 1.807) is 10.9 Å². The van der Waals surface area contributed by atoms with Gasteiger partial charge < -0.3 is 5.73 Å². The molecule has 2 N–H and O–H groups in total. The summed E-state index contributed by atoms with van der Waals surface area (Å²) in [6.07, 6.45) is 3.12. The van der Waals surface area contributed by atoms with Gasteiger partial charge >= 0.3 is 0 Å². The Kier molecular flexibility index (Phi) is 2.19. The lowest BCUT2D eigenvalue weighted by Crippen LogP contribution is -2.05. The molecule has 0 radical (unpaired) electrons. The molecule has 5 nitrogen and oxygen atoms in total. The molecule has 1 aromatic carbocycles. The number of halogens is 1. The number of nitrogen functional groups attached to an aromatic ring is 1. The number of nitrogens with zero attached hydrogens (tertiary/aromatic N) is 4. The lowest BCUT2D eigenvalue weighted by atomic mass is 10.2. The number of fused-ring (bicyclic) bond motifs is 1. The standard InChI is InChI=1S/C11H8ClN5/c12-10-9(13)11(15-6-14-10)17-8-4-2-1-3-7(8)5-16-17/h1-6H,13H2. The Morgan fingerprint density at radius 3 is 2.88 bits per heavy atom. The van der Waals surface area contributed by atoms with E-state index >= 15 is 0 Å². The summed E-state index contributed by atoms with van der Waals surface area (Å²) in [5.41, 5.74) is 7.09. The molecule has 84 valence electrons. The van der Waals surface area contributed by atoms with Crippen molar-refractivity contribution in [3.05, 3.63) is 41.9 Å². The maximum Gasteiger partial charge on any atom is 0.181 e. The van der Waals surface area contributed by atoms with Crippen LogP contribution >= 0.6 is 11.6 Å². The number of nitrogens with two attached hydrogens (primary N) is 1. The van der Waals surface area contributed by atoms with Crippen LogP contribution in [-0.2, 0) is 0 Å². The van der Waals surface area contributed by atoms with E-state index in [0.717, 1.165) is 10.9 Å². The van der Waals surface area contributed by atoms with Crippen LogP contribution in [0.25, 0.3) is 16.7 Å². The van der Waals surface area contributed by atoms with Crippen LogP contribution in [0.4, 0.5) is 5.69 Å². The van der Waals surface area contributed by atoms with Crippen LogP contribution in [0.3, 0.4) is 0 Å². The van der Waals surface area contributed by atoms with E-state index in [2.05, 4.69) is 15.1 Å². The van der Waals surface area contributed by atoms with Crippen LogP contribution in [0.1, 0.15) is 0 Å². The molecule has 0 atom stereocenters. The van der Waals surface area contributed by atoms with Crippen molar-refractivity contribution in [1.29, 1.82) is 0 Å². The highest BCUT2D eigenvalue weighted by molar-refractivity contribution is 6.32. The summed E-state index contributed by atoms with van der Waals surface area (Å²) >= 11 is 5.86. The van der Waals surface area contributed by atoms with Crippen LogP contribution in [-0.4, -0.2) is 19.7 Å². The van der Waals surface area contributed by atoms with Gasteiger partial charge in [0.15, 0.2) is 11.0 Å². The largest absolute Gasteiger partial charge is 0.393 e. The Labute approximate surface area is 102 Å². The third-order valence-corrected chi connectivity index (χ3v) is 2.79. The SMILES string of the molecule is Nc1c(Cl)ncnc1-n1ncc2ccccc21.